The molecule has 9 heteroatoms. The normalized spacial score (nSPS) is 18.0. The van der Waals surface area contributed by atoms with Crippen LogP contribution in [0.4, 0.5) is 14.8 Å². The Bertz CT molecular complexity index is 1140. The largest absolute Gasteiger partial charge is 0.481 e. The molecule has 0 saturated carbocycles. The molecule has 4 heterocycles. The summed E-state index contributed by atoms with van der Waals surface area (Å²) in [5, 5.41) is 3.98. The first-order valence-corrected chi connectivity index (χ1v) is 13.3. The fourth-order valence-corrected chi connectivity index (χ4v) is 4.81. The predicted octanol–water partition coefficient (Wildman–Crippen LogP) is 6.61. The first kappa shape index (κ1) is 25.4. The van der Waals surface area contributed by atoms with Gasteiger partial charge in [-0.3, -0.25) is 4.98 Å². The van der Waals surface area contributed by atoms with Gasteiger partial charge in [0.15, 0.2) is 11.4 Å². The molecule has 1 fully saturated rings. The number of piperidine rings is 1. The number of hydrogen-bond acceptors (Lipinski definition) is 7. The van der Waals surface area contributed by atoms with Crippen molar-refractivity contribution in [2.75, 3.05) is 24.2 Å². The summed E-state index contributed by atoms with van der Waals surface area (Å²) < 4.78 is 42.4. The molecule has 6 nitrogen and oxygen atoms in total. The van der Waals surface area contributed by atoms with Crippen LogP contribution in [0.5, 0.6) is 5.75 Å². The van der Waals surface area contributed by atoms with Gasteiger partial charge in [-0.1, -0.05) is 32.9 Å². The molecule has 0 radical (unpaired) electrons. The van der Waals surface area contributed by atoms with Gasteiger partial charge >= 0.3 is 6.01 Å². The molecule has 1 spiro atoms. The van der Waals surface area contributed by atoms with Crippen molar-refractivity contribution < 1.29 is 18.0 Å². The molecule has 1 saturated heterocycles. The van der Waals surface area contributed by atoms with Gasteiger partial charge in [0.25, 0.3) is 5.92 Å². The highest BCUT2D eigenvalue weighted by atomic mass is 32.2. The lowest BCUT2D eigenvalue weighted by Crippen LogP contribution is -2.61. The van der Waals surface area contributed by atoms with Crippen LogP contribution < -0.4 is 9.64 Å². The fraction of sp³-hybridized carbons (Fsp3) is 0.500. The minimum Gasteiger partial charge on any atom is -0.481 e. The summed E-state index contributed by atoms with van der Waals surface area (Å²) in [7, 11) is 0. The van der Waals surface area contributed by atoms with Gasteiger partial charge in [-0.2, -0.15) is 4.98 Å². The molecule has 0 aliphatic carbocycles. The molecule has 0 unspecified atom stereocenters. The van der Waals surface area contributed by atoms with Crippen molar-refractivity contribution in [1.29, 1.82) is 0 Å². The highest BCUT2D eigenvalue weighted by molar-refractivity contribution is 7.98. The predicted molar refractivity (Wildman–Crippen MR) is 135 cm³/mol. The number of alkyl halides is 2. The van der Waals surface area contributed by atoms with E-state index in [9.17, 15) is 0 Å². The van der Waals surface area contributed by atoms with Gasteiger partial charge in [-0.05, 0) is 36.6 Å². The minimum atomic E-state index is -2.99. The average Bonchev–Trinajstić information content (AvgIpc) is 3.37. The number of halogens is 2. The van der Waals surface area contributed by atoms with Crippen molar-refractivity contribution >= 4 is 17.8 Å². The Hall–Kier alpha value is -2.68. The molecule has 2 aliphatic heterocycles. The van der Waals surface area contributed by atoms with Crippen LogP contribution in [0.3, 0.4) is 0 Å². The summed E-state index contributed by atoms with van der Waals surface area (Å²) in [6, 6.07) is 9.74. The van der Waals surface area contributed by atoms with E-state index in [1.54, 1.807) is 30.1 Å². The van der Waals surface area contributed by atoms with Crippen LogP contribution in [0.15, 0.2) is 45.9 Å². The third-order valence-electron chi connectivity index (χ3n) is 6.50. The maximum Gasteiger partial charge on any atom is 0.324 e. The number of pyridine rings is 1. The number of aromatic nitrogens is 3. The summed E-state index contributed by atoms with van der Waals surface area (Å²) in [6.45, 7) is 8.70. The summed E-state index contributed by atoms with van der Waals surface area (Å²) in [5.41, 5.74) is 0.550. The van der Waals surface area contributed by atoms with E-state index in [-0.39, 0.29) is 25.2 Å². The van der Waals surface area contributed by atoms with E-state index in [1.165, 1.54) is 0 Å². The summed E-state index contributed by atoms with van der Waals surface area (Å²) >= 11 is 1.61. The third-order valence-corrected chi connectivity index (χ3v) is 7.21. The lowest BCUT2D eigenvalue weighted by atomic mass is 9.79. The maximum atomic E-state index is 15.5. The Kier molecular flexibility index (Phi) is 7.35. The molecule has 188 valence electrons. The zero-order valence-corrected chi connectivity index (χ0v) is 21.7. The lowest BCUT2D eigenvalue weighted by Gasteiger charge is -2.48. The van der Waals surface area contributed by atoms with Crippen LogP contribution in [0.2, 0.25) is 0 Å². The van der Waals surface area contributed by atoms with E-state index in [0.717, 1.165) is 16.2 Å². The van der Waals surface area contributed by atoms with Gasteiger partial charge in [-0.25, -0.2) is 8.78 Å². The van der Waals surface area contributed by atoms with E-state index in [1.807, 2.05) is 57.0 Å². The zero-order chi connectivity index (χ0) is 25.2. The van der Waals surface area contributed by atoms with Gasteiger partial charge < -0.3 is 14.2 Å². The van der Waals surface area contributed by atoms with Gasteiger partial charge in [0.2, 0.25) is 0 Å². The Morgan fingerprint density at radius 3 is 2.43 bits per heavy atom. The van der Waals surface area contributed by atoms with Crippen LogP contribution in [0.25, 0.3) is 11.3 Å². The molecule has 5 rings (SSSR count). The van der Waals surface area contributed by atoms with Crippen molar-refractivity contribution in [1.82, 2.24) is 15.1 Å². The second-order valence-electron chi connectivity index (χ2n) is 8.96. The van der Waals surface area contributed by atoms with Gasteiger partial charge in [-0.15, -0.1) is 11.8 Å². The third kappa shape index (κ3) is 4.87. The van der Waals surface area contributed by atoms with E-state index >= 15 is 8.78 Å². The first-order chi connectivity index (χ1) is 16.8. The van der Waals surface area contributed by atoms with Crippen molar-refractivity contribution in [2.24, 2.45) is 0 Å². The van der Waals surface area contributed by atoms with Crippen LogP contribution in [-0.2, 0) is 6.42 Å². The maximum absolute atomic E-state index is 15.5. The molecule has 2 aliphatic rings. The Balaban J connectivity index is 0.00000141. The molecule has 0 N–H and O–H groups in total. The van der Waals surface area contributed by atoms with Crippen LogP contribution in [0, 0.1) is 0 Å². The second kappa shape index (κ2) is 10.1. The Morgan fingerprint density at radius 1 is 1.09 bits per heavy atom. The van der Waals surface area contributed by atoms with Gasteiger partial charge in [0.05, 0.1) is 5.69 Å². The fourth-order valence-electron chi connectivity index (χ4n) is 4.45. The SMILES string of the molecule is CC.CSc1ccc(-c2ccc3c(c2)CC(F)(F)C2(CCN(c4nc(C(C)C)no4)CC2)O3)nc1. The van der Waals surface area contributed by atoms with E-state index in [2.05, 4.69) is 15.1 Å². The van der Waals surface area contributed by atoms with Crippen molar-refractivity contribution in [3.63, 3.8) is 0 Å². The smallest absolute Gasteiger partial charge is 0.324 e. The first-order valence-electron chi connectivity index (χ1n) is 12.1. The lowest BCUT2D eigenvalue weighted by molar-refractivity contribution is -0.185. The number of benzene rings is 1. The van der Waals surface area contributed by atoms with E-state index in [4.69, 9.17) is 9.26 Å². The minimum absolute atomic E-state index is 0.143. The number of thioether (sulfide) groups is 1. The zero-order valence-electron chi connectivity index (χ0n) is 20.8. The molecule has 2 aromatic heterocycles. The Morgan fingerprint density at radius 2 is 1.83 bits per heavy atom. The average molecular weight is 503 g/mol. The number of fused-ring (bicyclic) bond motifs is 1. The standard InChI is InChI=1S/C24H26F2N4O2S.C2H6/c1-15(2)21-28-22(32-29-21)30-10-8-23(9-11-30)24(25,26)13-17-12-16(4-7-20(17)31-23)19-6-5-18(33-3)14-27-19;1-2/h4-7,12,14-15H,8-11,13H2,1-3H3;1-2H3. The van der Waals surface area contributed by atoms with Crippen molar-refractivity contribution in [3.8, 4) is 17.0 Å². The van der Waals surface area contributed by atoms with Crippen LogP contribution in [0.1, 0.15) is 57.8 Å². The van der Waals surface area contributed by atoms with Crippen LogP contribution in [-0.4, -0.2) is 46.0 Å². The molecule has 0 amide bonds. The molecule has 35 heavy (non-hydrogen) atoms. The van der Waals surface area contributed by atoms with Gasteiger partial charge in [0, 0.05) is 60.5 Å². The molecule has 0 bridgehead atoms. The molecular weight excluding hydrogens is 470 g/mol. The molecular formula is C26H32F2N4O2S. The Labute approximate surface area is 209 Å². The number of anilines is 1. The van der Waals surface area contributed by atoms with Gasteiger partial charge in [0.1, 0.15) is 5.75 Å². The van der Waals surface area contributed by atoms with E-state index in [0.29, 0.717) is 36.2 Å². The molecule has 3 aromatic rings. The highest BCUT2D eigenvalue weighted by Crippen LogP contribution is 2.49. The number of nitrogens with zero attached hydrogens (tertiary/aromatic N) is 4. The molecule has 0 atom stereocenters. The quantitative estimate of drug-likeness (QED) is 0.372. The summed E-state index contributed by atoms with van der Waals surface area (Å²) in [6.07, 6.45) is 3.79. The monoisotopic (exact) mass is 502 g/mol. The van der Waals surface area contributed by atoms with Crippen LogP contribution >= 0.6 is 11.8 Å². The number of ether oxygens (including phenoxy) is 1. The summed E-state index contributed by atoms with van der Waals surface area (Å²) in [4.78, 5) is 11.8. The highest BCUT2D eigenvalue weighted by Gasteiger charge is 2.59. The topological polar surface area (TPSA) is 64.3 Å². The number of rotatable bonds is 4. The molecule has 1 aromatic carbocycles. The van der Waals surface area contributed by atoms with E-state index < -0.39 is 11.5 Å². The van der Waals surface area contributed by atoms with Crippen molar-refractivity contribution in [2.45, 2.75) is 69.3 Å². The van der Waals surface area contributed by atoms with Crippen molar-refractivity contribution in [3.05, 3.63) is 47.9 Å². The second-order valence-corrected chi connectivity index (χ2v) is 9.84. The summed E-state index contributed by atoms with van der Waals surface area (Å²) in [5.74, 6) is -1.70. The number of hydrogen-bond donors (Lipinski definition) is 0.